The van der Waals surface area contributed by atoms with E-state index >= 15 is 0 Å². The summed E-state index contributed by atoms with van der Waals surface area (Å²) in [6.45, 7) is 1.95. The molecule has 7 nitrogen and oxygen atoms in total. The van der Waals surface area contributed by atoms with Gasteiger partial charge in [-0.1, -0.05) is 30.7 Å². The van der Waals surface area contributed by atoms with Crippen molar-refractivity contribution in [3.8, 4) is 0 Å². The number of tetrazole rings is 1. The minimum absolute atomic E-state index is 0.00957. The topological polar surface area (TPSA) is 67.2 Å². The van der Waals surface area contributed by atoms with Crippen LogP contribution in [0, 0.1) is 0 Å². The van der Waals surface area contributed by atoms with Gasteiger partial charge in [0.2, 0.25) is 11.1 Å². The number of hydrogen-bond acceptors (Lipinski definition) is 6. The molecule has 0 N–H and O–H groups in total. The van der Waals surface area contributed by atoms with Crippen LogP contribution in [0.2, 0.25) is 0 Å². The first-order chi connectivity index (χ1) is 14.4. The van der Waals surface area contributed by atoms with E-state index in [1.165, 1.54) is 30.7 Å². The third-order valence-electron chi connectivity index (χ3n) is 5.63. The molecule has 4 rings (SSSR count). The normalized spacial score (nSPS) is 18.2. The van der Waals surface area contributed by atoms with Gasteiger partial charge in [-0.25, -0.2) is 4.68 Å². The van der Waals surface area contributed by atoms with Gasteiger partial charge in [-0.15, -0.1) is 5.10 Å². The number of thioether (sulfide) groups is 1. The standard InChI is InChI=1S/C19H23F3N6OS/c20-19(21,22)14-4-3-7-16(12-14)26-8-10-27(11-9-26)17(29)13-30-18-23-24-25-28(18)15-5-1-2-6-15/h3-4,7,12,15H,1-2,5-6,8-11,13H2. The van der Waals surface area contributed by atoms with Gasteiger partial charge in [-0.3, -0.25) is 4.79 Å². The van der Waals surface area contributed by atoms with Gasteiger partial charge in [-0.2, -0.15) is 13.2 Å². The molecule has 0 bridgehead atoms. The van der Waals surface area contributed by atoms with Crippen LogP contribution < -0.4 is 4.90 Å². The van der Waals surface area contributed by atoms with Crippen molar-refractivity contribution in [2.75, 3.05) is 36.8 Å². The molecule has 2 fully saturated rings. The highest BCUT2D eigenvalue weighted by atomic mass is 32.2. The highest BCUT2D eigenvalue weighted by molar-refractivity contribution is 7.99. The number of benzene rings is 1. The predicted octanol–water partition coefficient (Wildman–Crippen LogP) is 3.25. The summed E-state index contributed by atoms with van der Waals surface area (Å²) >= 11 is 1.34. The number of anilines is 1. The van der Waals surface area contributed by atoms with Crippen LogP contribution in [0.5, 0.6) is 0 Å². The maximum absolute atomic E-state index is 12.9. The predicted molar refractivity (Wildman–Crippen MR) is 106 cm³/mol. The van der Waals surface area contributed by atoms with E-state index in [1.807, 2.05) is 9.58 Å². The maximum Gasteiger partial charge on any atom is 0.416 e. The van der Waals surface area contributed by atoms with Crippen LogP contribution in [0.1, 0.15) is 37.3 Å². The van der Waals surface area contributed by atoms with E-state index in [9.17, 15) is 18.0 Å². The largest absolute Gasteiger partial charge is 0.416 e. The minimum atomic E-state index is -4.36. The minimum Gasteiger partial charge on any atom is -0.368 e. The average Bonchev–Trinajstić information content (AvgIpc) is 3.43. The number of alkyl halides is 3. The van der Waals surface area contributed by atoms with Crippen molar-refractivity contribution < 1.29 is 18.0 Å². The van der Waals surface area contributed by atoms with E-state index in [4.69, 9.17) is 0 Å². The molecule has 2 heterocycles. The van der Waals surface area contributed by atoms with E-state index in [0.717, 1.165) is 25.0 Å². The zero-order chi connectivity index (χ0) is 21.1. The van der Waals surface area contributed by atoms with Crippen LogP contribution in [0.15, 0.2) is 29.4 Å². The van der Waals surface area contributed by atoms with Crippen molar-refractivity contribution in [3.05, 3.63) is 29.8 Å². The van der Waals surface area contributed by atoms with Crippen LogP contribution in [0.25, 0.3) is 0 Å². The summed E-state index contributed by atoms with van der Waals surface area (Å²) in [5.74, 6) is 0.237. The number of carbonyl (C=O) groups excluding carboxylic acids is 1. The highest BCUT2D eigenvalue weighted by Gasteiger charge is 2.31. The van der Waals surface area contributed by atoms with E-state index in [1.54, 1.807) is 11.0 Å². The van der Waals surface area contributed by atoms with Gasteiger partial charge in [0.1, 0.15) is 0 Å². The van der Waals surface area contributed by atoms with E-state index in [2.05, 4.69) is 15.5 Å². The van der Waals surface area contributed by atoms with Crippen molar-refractivity contribution in [3.63, 3.8) is 0 Å². The van der Waals surface area contributed by atoms with E-state index in [-0.39, 0.29) is 11.7 Å². The van der Waals surface area contributed by atoms with Crippen LogP contribution in [0.4, 0.5) is 18.9 Å². The Morgan fingerprint density at radius 3 is 2.57 bits per heavy atom. The third-order valence-corrected chi connectivity index (χ3v) is 6.55. The fourth-order valence-electron chi connectivity index (χ4n) is 3.97. The molecule has 0 atom stereocenters. The van der Waals surface area contributed by atoms with Gasteiger partial charge < -0.3 is 9.80 Å². The molecule has 162 valence electrons. The Balaban J connectivity index is 1.29. The fraction of sp³-hybridized carbons (Fsp3) is 0.579. The molecule has 1 aliphatic carbocycles. The number of halogens is 3. The quantitative estimate of drug-likeness (QED) is 0.665. The lowest BCUT2D eigenvalue weighted by Crippen LogP contribution is -2.49. The number of rotatable bonds is 5. The fourth-order valence-corrected chi connectivity index (χ4v) is 4.82. The lowest BCUT2D eigenvalue weighted by Gasteiger charge is -2.36. The van der Waals surface area contributed by atoms with Gasteiger partial charge in [0.05, 0.1) is 17.4 Å². The lowest BCUT2D eigenvalue weighted by atomic mass is 10.1. The second kappa shape index (κ2) is 8.83. The first-order valence-electron chi connectivity index (χ1n) is 10.0. The summed E-state index contributed by atoms with van der Waals surface area (Å²) in [4.78, 5) is 16.2. The second-order valence-corrected chi connectivity index (χ2v) is 8.49. The Labute approximate surface area is 176 Å². The Morgan fingerprint density at radius 1 is 1.13 bits per heavy atom. The molecule has 2 aliphatic rings. The molecule has 1 aromatic carbocycles. The first-order valence-corrected chi connectivity index (χ1v) is 11.0. The molecule has 1 saturated carbocycles. The molecule has 0 spiro atoms. The number of aromatic nitrogens is 4. The monoisotopic (exact) mass is 440 g/mol. The van der Waals surface area contributed by atoms with Gasteiger partial charge >= 0.3 is 6.18 Å². The van der Waals surface area contributed by atoms with Crippen LogP contribution >= 0.6 is 11.8 Å². The number of nitrogens with zero attached hydrogens (tertiary/aromatic N) is 6. The van der Waals surface area contributed by atoms with Crippen molar-refractivity contribution in [2.45, 2.75) is 43.1 Å². The molecule has 2 aromatic rings. The summed E-state index contributed by atoms with van der Waals surface area (Å²) in [7, 11) is 0. The van der Waals surface area contributed by atoms with E-state index < -0.39 is 11.7 Å². The summed E-state index contributed by atoms with van der Waals surface area (Å²) in [6, 6.07) is 5.64. The smallest absolute Gasteiger partial charge is 0.368 e. The maximum atomic E-state index is 12.9. The number of piperazine rings is 1. The summed E-state index contributed by atoms with van der Waals surface area (Å²) in [5, 5.41) is 12.6. The highest BCUT2D eigenvalue weighted by Crippen LogP contribution is 2.33. The van der Waals surface area contributed by atoms with Crippen molar-refractivity contribution in [1.82, 2.24) is 25.1 Å². The van der Waals surface area contributed by atoms with Crippen molar-refractivity contribution in [1.29, 1.82) is 0 Å². The molecule has 1 aliphatic heterocycles. The molecule has 1 saturated heterocycles. The Bertz CT molecular complexity index is 875. The molecular weight excluding hydrogens is 417 g/mol. The molecule has 1 aromatic heterocycles. The van der Waals surface area contributed by atoms with Crippen LogP contribution in [-0.4, -0.2) is 62.9 Å². The van der Waals surface area contributed by atoms with Gasteiger partial charge in [0, 0.05) is 31.9 Å². The summed E-state index contributed by atoms with van der Waals surface area (Å²) in [6.07, 6.45) is 0.0977. The lowest BCUT2D eigenvalue weighted by molar-refractivity contribution is -0.137. The van der Waals surface area contributed by atoms with E-state index in [0.29, 0.717) is 43.1 Å². The first kappa shape index (κ1) is 21.0. The van der Waals surface area contributed by atoms with Crippen molar-refractivity contribution in [2.24, 2.45) is 0 Å². The molecule has 0 unspecified atom stereocenters. The molecule has 11 heteroatoms. The Hall–Kier alpha value is -2.30. The second-order valence-electron chi connectivity index (χ2n) is 7.55. The zero-order valence-electron chi connectivity index (χ0n) is 16.4. The van der Waals surface area contributed by atoms with Gasteiger partial charge in [0.25, 0.3) is 0 Å². The summed E-state index contributed by atoms with van der Waals surface area (Å²) in [5.41, 5.74) is -0.128. The molecule has 30 heavy (non-hydrogen) atoms. The van der Waals surface area contributed by atoms with Gasteiger partial charge in [-0.05, 0) is 41.5 Å². The van der Waals surface area contributed by atoms with Crippen molar-refractivity contribution >= 4 is 23.4 Å². The number of amides is 1. The Kier molecular flexibility index (Phi) is 6.16. The van der Waals surface area contributed by atoms with Crippen LogP contribution in [-0.2, 0) is 11.0 Å². The molecule has 0 radical (unpaired) electrons. The average molecular weight is 440 g/mol. The van der Waals surface area contributed by atoms with Gasteiger partial charge in [0.15, 0.2) is 0 Å². The molecular formula is C19H23F3N6OS. The third kappa shape index (κ3) is 4.71. The number of carbonyl (C=O) groups is 1. The van der Waals surface area contributed by atoms with Crippen LogP contribution in [0.3, 0.4) is 0 Å². The summed E-state index contributed by atoms with van der Waals surface area (Å²) < 4.78 is 40.7. The Morgan fingerprint density at radius 2 is 1.87 bits per heavy atom. The SMILES string of the molecule is O=C(CSc1nnnn1C1CCCC1)N1CCN(c2cccc(C(F)(F)F)c2)CC1. The molecule has 1 amide bonds. The zero-order valence-corrected chi connectivity index (χ0v) is 17.2. The number of hydrogen-bond donors (Lipinski definition) is 0.